The van der Waals surface area contributed by atoms with Gasteiger partial charge in [-0.2, -0.15) is 13.2 Å². The molecule has 1 amide bonds. The minimum atomic E-state index is -4.37. The molecular weight excluding hydrogens is 540 g/mol. The lowest BCUT2D eigenvalue weighted by atomic mass is 10.2. The molecule has 2 aromatic rings. The number of rotatable bonds is 9. The number of methoxy groups -OCH3 is 1. The first kappa shape index (κ1) is 27.3. The van der Waals surface area contributed by atoms with Gasteiger partial charge in [-0.3, -0.25) is 9.79 Å². The summed E-state index contributed by atoms with van der Waals surface area (Å²) in [5.74, 6) is 1.06. The number of aliphatic imine (C=N–C) groups is 1. The van der Waals surface area contributed by atoms with Crippen molar-refractivity contribution in [3.05, 3.63) is 59.7 Å². The number of carbonyl (C=O) groups excluding carboxylic acids is 1. The molecule has 0 unspecified atom stereocenters. The van der Waals surface area contributed by atoms with Gasteiger partial charge >= 0.3 is 6.18 Å². The molecule has 0 fully saturated rings. The largest absolute Gasteiger partial charge is 0.497 e. The molecule has 3 N–H and O–H groups in total. The lowest BCUT2D eigenvalue weighted by Gasteiger charge is -2.13. The van der Waals surface area contributed by atoms with E-state index in [2.05, 4.69) is 25.7 Å². The van der Waals surface area contributed by atoms with Crippen molar-refractivity contribution in [1.29, 1.82) is 0 Å². The second-order valence-electron chi connectivity index (χ2n) is 6.39. The predicted molar refractivity (Wildman–Crippen MR) is 127 cm³/mol. The highest BCUT2D eigenvalue weighted by Crippen LogP contribution is 2.18. The van der Waals surface area contributed by atoms with Crippen LogP contribution in [0, 0.1) is 0 Å². The van der Waals surface area contributed by atoms with Gasteiger partial charge in [-0.15, -0.1) is 24.0 Å². The Hall–Kier alpha value is -2.70. The van der Waals surface area contributed by atoms with E-state index in [0.717, 1.165) is 5.56 Å². The minimum Gasteiger partial charge on any atom is -0.497 e. The number of ether oxygens (including phenoxy) is 2. The van der Waals surface area contributed by atoms with Crippen molar-refractivity contribution in [2.45, 2.75) is 12.7 Å². The summed E-state index contributed by atoms with van der Waals surface area (Å²) < 4.78 is 46.3. The monoisotopic (exact) mass is 566 g/mol. The first-order chi connectivity index (χ1) is 14.8. The summed E-state index contributed by atoms with van der Waals surface area (Å²) >= 11 is 0. The maximum atomic E-state index is 12.2. The molecule has 11 heteroatoms. The second-order valence-corrected chi connectivity index (χ2v) is 6.39. The Bertz CT molecular complexity index is 877. The van der Waals surface area contributed by atoms with Crippen molar-refractivity contribution in [2.75, 3.05) is 33.9 Å². The highest BCUT2D eigenvalue weighted by molar-refractivity contribution is 14.0. The average Bonchev–Trinajstić information content (AvgIpc) is 2.77. The molecular formula is C21H26F3IN4O3. The third-order valence-electron chi connectivity index (χ3n) is 4.04. The molecule has 32 heavy (non-hydrogen) atoms. The number of halogens is 4. The Morgan fingerprint density at radius 3 is 2.31 bits per heavy atom. The van der Waals surface area contributed by atoms with Gasteiger partial charge in [0.15, 0.2) is 12.6 Å². The minimum absolute atomic E-state index is 0. The lowest BCUT2D eigenvalue weighted by Crippen LogP contribution is -2.41. The zero-order valence-corrected chi connectivity index (χ0v) is 20.0. The normalized spacial score (nSPS) is 11.2. The van der Waals surface area contributed by atoms with E-state index < -0.39 is 12.8 Å². The molecule has 0 spiro atoms. The van der Waals surface area contributed by atoms with Crippen LogP contribution in [0.3, 0.4) is 0 Å². The van der Waals surface area contributed by atoms with Crippen LogP contribution in [-0.4, -0.2) is 51.9 Å². The number of amides is 1. The molecule has 0 aromatic heterocycles. The van der Waals surface area contributed by atoms with Gasteiger partial charge < -0.3 is 25.4 Å². The van der Waals surface area contributed by atoms with Gasteiger partial charge in [-0.1, -0.05) is 18.2 Å². The lowest BCUT2D eigenvalue weighted by molar-refractivity contribution is -0.153. The Balaban J connectivity index is 0.00000512. The van der Waals surface area contributed by atoms with Crippen molar-refractivity contribution in [3.63, 3.8) is 0 Å². The highest BCUT2D eigenvalue weighted by atomic mass is 127. The van der Waals surface area contributed by atoms with Crippen molar-refractivity contribution in [2.24, 2.45) is 4.99 Å². The summed E-state index contributed by atoms with van der Waals surface area (Å²) in [5.41, 5.74) is 1.35. The van der Waals surface area contributed by atoms with E-state index >= 15 is 0 Å². The topological polar surface area (TPSA) is 84.0 Å². The van der Waals surface area contributed by atoms with Crippen LogP contribution < -0.4 is 25.4 Å². The van der Waals surface area contributed by atoms with Gasteiger partial charge in [0.25, 0.3) is 5.91 Å². The van der Waals surface area contributed by atoms with Crippen LogP contribution in [0.25, 0.3) is 0 Å². The summed E-state index contributed by atoms with van der Waals surface area (Å²) in [6.45, 7) is -0.0908. The zero-order valence-electron chi connectivity index (χ0n) is 17.7. The number of benzene rings is 2. The number of alkyl halides is 3. The number of nitrogens with one attached hydrogen (secondary N) is 3. The Morgan fingerprint density at radius 1 is 1.00 bits per heavy atom. The molecule has 7 nitrogen and oxygen atoms in total. The first-order valence-corrected chi connectivity index (χ1v) is 9.46. The molecule has 2 rings (SSSR count). The maximum Gasteiger partial charge on any atom is 0.422 e. The molecule has 0 saturated heterocycles. The fourth-order valence-electron chi connectivity index (χ4n) is 2.50. The summed E-state index contributed by atoms with van der Waals surface area (Å²) in [6.07, 6.45) is -4.37. The van der Waals surface area contributed by atoms with Gasteiger partial charge in [0.2, 0.25) is 0 Å². The van der Waals surface area contributed by atoms with Gasteiger partial charge in [-0.25, -0.2) is 0 Å². The molecule has 0 heterocycles. The SMILES string of the molecule is CN=C(NCCNC(=O)c1cccc(OC)c1)NCc1ccc(OCC(F)(F)F)cc1.I. The summed E-state index contributed by atoms with van der Waals surface area (Å²) in [6, 6.07) is 13.2. The van der Waals surface area contributed by atoms with E-state index in [4.69, 9.17) is 4.74 Å². The molecule has 0 radical (unpaired) electrons. The van der Waals surface area contributed by atoms with E-state index in [-0.39, 0.29) is 35.6 Å². The molecule has 0 aliphatic heterocycles. The summed E-state index contributed by atoms with van der Waals surface area (Å²) in [7, 11) is 3.15. The maximum absolute atomic E-state index is 12.2. The summed E-state index contributed by atoms with van der Waals surface area (Å²) in [5, 5.41) is 8.95. The fourth-order valence-corrected chi connectivity index (χ4v) is 2.50. The van der Waals surface area contributed by atoms with Gasteiger partial charge in [-0.05, 0) is 35.9 Å². The number of hydrogen-bond acceptors (Lipinski definition) is 4. The van der Waals surface area contributed by atoms with Crippen molar-refractivity contribution in [3.8, 4) is 11.5 Å². The number of guanidine groups is 1. The number of carbonyl (C=O) groups is 1. The highest BCUT2D eigenvalue weighted by Gasteiger charge is 2.28. The van der Waals surface area contributed by atoms with Crippen molar-refractivity contribution in [1.82, 2.24) is 16.0 Å². The van der Waals surface area contributed by atoms with Gasteiger partial charge in [0.1, 0.15) is 11.5 Å². The third kappa shape index (κ3) is 10.1. The molecule has 0 atom stereocenters. The van der Waals surface area contributed by atoms with Crippen molar-refractivity contribution < 1.29 is 27.4 Å². The van der Waals surface area contributed by atoms with Crippen LogP contribution in [0.5, 0.6) is 11.5 Å². The Kier molecular flexibility index (Phi) is 11.7. The quantitative estimate of drug-likeness (QED) is 0.188. The second kappa shape index (κ2) is 13.7. The van der Waals surface area contributed by atoms with E-state index in [1.165, 1.54) is 19.2 Å². The van der Waals surface area contributed by atoms with Crippen LogP contribution in [-0.2, 0) is 6.54 Å². The van der Waals surface area contributed by atoms with Crippen LogP contribution in [0.2, 0.25) is 0 Å². The zero-order chi connectivity index (χ0) is 22.7. The van der Waals surface area contributed by atoms with Crippen LogP contribution in [0.4, 0.5) is 13.2 Å². The van der Waals surface area contributed by atoms with E-state index in [9.17, 15) is 18.0 Å². The Labute approximate surface area is 201 Å². The predicted octanol–water partition coefficient (Wildman–Crippen LogP) is 3.35. The van der Waals surface area contributed by atoms with Crippen LogP contribution in [0.15, 0.2) is 53.5 Å². The van der Waals surface area contributed by atoms with Crippen molar-refractivity contribution >= 4 is 35.8 Å². The van der Waals surface area contributed by atoms with Gasteiger partial charge in [0.05, 0.1) is 7.11 Å². The molecule has 0 bridgehead atoms. The summed E-state index contributed by atoms with van der Waals surface area (Å²) in [4.78, 5) is 16.2. The standard InChI is InChI=1S/C21H25F3N4O3.HI/c1-25-20(27-11-10-26-19(29)16-4-3-5-18(12-16)30-2)28-13-15-6-8-17(9-7-15)31-14-21(22,23)24;/h3-9,12H,10-11,13-14H2,1-2H3,(H,26,29)(H2,25,27,28);1H. The smallest absolute Gasteiger partial charge is 0.422 e. The van der Waals surface area contributed by atoms with E-state index in [1.54, 1.807) is 43.4 Å². The molecule has 0 aliphatic carbocycles. The molecule has 0 saturated carbocycles. The van der Waals surface area contributed by atoms with E-state index in [0.29, 0.717) is 36.9 Å². The number of nitrogens with zero attached hydrogens (tertiary/aromatic N) is 1. The fraction of sp³-hybridized carbons (Fsp3) is 0.333. The third-order valence-corrected chi connectivity index (χ3v) is 4.04. The molecule has 0 aliphatic rings. The first-order valence-electron chi connectivity index (χ1n) is 9.46. The molecule has 176 valence electrons. The Morgan fingerprint density at radius 2 is 1.69 bits per heavy atom. The number of hydrogen-bond donors (Lipinski definition) is 3. The van der Waals surface area contributed by atoms with Gasteiger partial charge in [0, 0.05) is 32.2 Å². The average molecular weight is 566 g/mol. The van der Waals surface area contributed by atoms with E-state index in [1.807, 2.05) is 0 Å². The van der Waals surface area contributed by atoms with Crippen LogP contribution in [0.1, 0.15) is 15.9 Å². The molecule has 2 aromatic carbocycles. The van der Waals surface area contributed by atoms with Crippen LogP contribution >= 0.6 is 24.0 Å².